The number of aromatic nitrogens is 1. The van der Waals surface area contributed by atoms with E-state index < -0.39 is 9.05 Å². The smallest absolute Gasteiger partial charge is 0.265 e. The summed E-state index contributed by atoms with van der Waals surface area (Å²) < 4.78 is 26.9. The minimum absolute atomic E-state index is 0.0442. The van der Waals surface area contributed by atoms with Crippen molar-refractivity contribution in [3.8, 4) is 0 Å². The van der Waals surface area contributed by atoms with E-state index >= 15 is 0 Å². The maximum absolute atomic E-state index is 11.0. The topological polar surface area (TPSA) is 60.2 Å². The van der Waals surface area contributed by atoms with Crippen molar-refractivity contribution >= 4 is 30.7 Å². The molecule has 13 heavy (non-hydrogen) atoms. The molecule has 0 fully saturated rings. The van der Waals surface area contributed by atoms with Crippen LogP contribution in [0.3, 0.4) is 0 Å². The second-order valence-corrected chi connectivity index (χ2v) is 4.94. The van der Waals surface area contributed by atoms with Crippen LogP contribution in [-0.2, 0) is 9.05 Å². The molecule has 0 N–H and O–H groups in total. The van der Waals surface area contributed by atoms with Gasteiger partial charge in [0.25, 0.3) is 9.05 Å². The van der Waals surface area contributed by atoms with Crippen molar-refractivity contribution in [1.82, 2.24) is 4.98 Å². The summed E-state index contributed by atoms with van der Waals surface area (Å²) in [7, 11) is 1.42. The van der Waals surface area contributed by atoms with Crippen LogP contribution in [0.15, 0.2) is 34.0 Å². The fraction of sp³-hybridized carbons (Fsp3) is 0. The number of rotatable bonds is 1. The van der Waals surface area contributed by atoms with E-state index in [-0.39, 0.29) is 4.90 Å². The van der Waals surface area contributed by atoms with Gasteiger partial charge in [0.2, 0.25) is 0 Å². The summed E-state index contributed by atoms with van der Waals surface area (Å²) in [5, 5.41) is 0.400. The van der Waals surface area contributed by atoms with Gasteiger partial charge in [0, 0.05) is 23.1 Å². The zero-order valence-electron chi connectivity index (χ0n) is 6.27. The summed E-state index contributed by atoms with van der Waals surface area (Å²) in [5.41, 5.74) is 0.453. The molecule has 2 rings (SSSR count). The predicted octanol–water partition coefficient (Wildman–Crippen LogP) is 1.76. The molecule has 0 aliphatic heterocycles. The molecule has 0 aromatic carbocycles. The summed E-state index contributed by atoms with van der Waals surface area (Å²) in [4.78, 5) is 3.73. The van der Waals surface area contributed by atoms with E-state index in [1.807, 2.05) is 0 Å². The lowest BCUT2D eigenvalue weighted by Crippen LogP contribution is -1.87. The minimum atomic E-state index is -3.75. The van der Waals surface area contributed by atoms with Crippen LogP contribution in [0.4, 0.5) is 0 Å². The monoisotopic (exact) mass is 217 g/mol. The number of furan rings is 1. The van der Waals surface area contributed by atoms with Crippen molar-refractivity contribution < 1.29 is 12.8 Å². The first-order valence-electron chi connectivity index (χ1n) is 3.35. The highest BCUT2D eigenvalue weighted by Gasteiger charge is 2.17. The molecule has 2 heterocycles. The highest BCUT2D eigenvalue weighted by molar-refractivity contribution is 8.14. The van der Waals surface area contributed by atoms with Crippen molar-refractivity contribution in [2.45, 2.75) is 4.90 Å². The molecule has 0 aliphatic carbocycles. The van der Waals surface area contributed by atoms with Crippen molar-refractivity contribution in [3.05, 3.63) is 24.7 Å². The number of hydrogen-bond acceptors (Lipinski definition) is 4. The van der Waals surface area contributed by atoms with Gasteiger partial charge in [-0.25, -0.2) is 8.42 Å². The molecule has 0 saturated heterocycles. The number of fused-ring (bicyclic) bond motifs is 1. The van der Waals surface area contributed by atoms with Gasteiger partial charge in [0.15, 0.2) is 0 Å². The summed E-state index contributed by atoms with van der Waals surface area (Å²) in [6.07, 6.45) is 4.01. The normalized spacial score (nSPS) is 12.1. The SMILES string of the molecule is O=S(=O)(Cl)c1coc2ccncc12. The first kappa shape index (κ1) is 8.52. The van der Waals surface area contributed by atoms with Crippen molar-refractivity contribution in [1.29, 1.82) is 0 Å². The Bertz CT molecular complexity index is 546. The van der Waals surface area contributed by atoms with Gasteiger partial charge < -0.3 is 4.42 Å². The third-order valence-corrected chi connectivity index (χ3v) is 2.94. The van der Waals surface area contributed by atoms with Crippen molar-refractivity contribution in [2.24, 2.45) is 0 Å². The predicted molar refractivity (Wildman–Crippen MR) is 47.0 cm³/mol. The Morgan fingerprint density at radius 1 is 1.46 bits per heavy atom. The summed E-state index contributed by atoms with van der Waals surface area (Å²) in [6, 6.07) is 1.57. The molecule has 0 bridgehead atoms. The van der Waals surface area contributed by atoms with Gasteiger partial charge >= 0.3 is 0 Å². The van der Waals surface area contributed by atoms with Crippen molar-refractivity contribution in [2.75, 3.05) is 0 Å². The summed E-state index contributed by atoms with van der Waals surface area (Å²) in [5.74, 6) is 0. The molecule has 0 aliphatic rings. The summed E-state index contributed by atoms with van der Waals surface area (Å²) in [6.45, 7) is 0. The number of hydrogen-bond donors (Lipinski definition) is 0. The Labute approximate surface area is 78.6 Å². The van der Waals surface area contributed by atoms with Crippen LogP contribution in [-0.4, -0.2) is 13.4 Å². The van der Waals surface area contributed by atoms with Gasteiger partial charge in [-0.15, -0.1) is 0 Å². The lowest BCUT2D eigenvalue weighted by Gasteiger charge is -1.89. The summed E-state index contributed by atoms with van der Waals surface area (Å²) >= 11 is 0. The minimum Gasteiger partial charge on any atom is -0.463 e. The number of nitrogens with zero attached hydrogens (tertiary/aromatic N) is 1. The number of halogens is 1. The Balaban J connectivity index is 2.87. The molecule has 0 amide bonds. The van der Waals surface area contributed by atoms with Gasteiger partial charge in [-0.3, -0.25) is 4.98 Å². The van der Waals surface area contributed by atoms with Crippen LogP contribution in [0.2, 0.25) is 0 Å². The van der Waals surface area contributed by atoms with E-state index in [0.717, 1.165) is 6.26 Å². The molecule has 68 valence electrons. The zero-order valence-corrected chi connectivity index (χ0v) is 7.84. The van der Waals surface area contributed by atoms with E-state index in [1.165, 1.54) is 12.4 Å². The maximum atomic E-state index is 11.0. The Morgan fingerprint density at radius 3 is 2.92 bits per heavy atom. The van der Waals surface area contributed by atoms with E-state index in [4.69, 9.17) is 15.1 Å². The molecule has 2 aromatic heterocycles. The van der Waals surface area contributed by atoms with Gasteiger partial charge in [-0.2, -0.15) is 0 Å². The highest BCUT2D eigenvalue weighted by atomic mass is 35.7. The number of pyridine rings is 1. The third kappa shape index (κ3) is 1.40. The maximum Gasteiger partial charge on any atom is 0.265 e. The molecule has 0 unspecified atom stereocenters. The fourth-order valence-corrected chi connectivity index (χ4v) is 1.98. The molecule has 0 saturated carbocycles. The Kier molecular flexibility index (Phi) is 1.78. The Hall–Kier alpha value is -1.07. The van der Waals surface area contributed by atoms with E-state index in [2.05, 4.69) is 4.98 Å². The van der Waals surface area contributed by atoms with Crippen molar-refractivity contribution in [3.63, 3.8) is 0 Å². The first-order valence-corrected chi connectivity index (χ1v) is 5.66. The second-order valence-electron chi connectivity index (χ2n) is 2.41. The molecule has 6 heteroatoms. The molecule has 0 atom stereocenters. The fourth-order valence-electron chi connectivity index (χ4n) is 1.04. The molecule has 0 spiro atoms. The average Bonchev–Trinajstić information content (AvgIpc) is 2.45. The van der Waals surface area contributed by atoms with Crippen LogP contribution in [0, 0.1) is 0 Å². The van der Waals surface area contributed by atoms with Crippen LogP contribution in [0.5, 0.6) is 0 Å². The van der Waals surface area contributed by atoms with Crippen LogP contribution < -0.4 is 0 Å². The Morgan fingerprint density at radius 2 is 2.23 bits per heavy atom. The molecule has 0 radical (unpaired) electrons. The highest BCUT2D eigenvalue weighted by Crippen LogP contribution is 2.26. The average molecular weight is 218 g/mol. The standard InChI is InChI=1S/C7H4ClNO3S/c8-13(10,11)7-4-12-6-1-2-9-3-5(6)7/h1-4H. The second kappa shape index (κ2) is 2.71. The van der Waals surface area contributed by atoms with Gasteiger partial charge in [0.1, 0.15) is 16.7 Å². The van der Waals surface area contributed by atoms with Crippen LogP contribution in [0.1, 0.15) is 0 Å². The quantitative estimate of drug-likeness (QED) is 0.683. The zero-order chi connectivity index (χ0) is 9.47. The first-order chi connectivity index (χ1) is 6.09. The van der Waals surface area contributed by atoms with E-state index in [0.29, 0.717) is 11.0 Å². The molecule has 4 nitrogen and oxygen atoms in total. The van der Waals surface area contributed by atoms with E-state index in [1.54, 1.807) is 6.07 Å². The third-order valence-electron chi connectivity index (χ3n) is 1.60. The lowest BCUT2D eigenvalue weighted by atomic mass is 10.3. The van der Waals surface area contributed by atoms with Gasteiger partial charge in [0.05, 0.1) is 5.39 Å². The van der Waals surface area contributed by atoms with Gasteiger partial charge in [-0.05, 0) is 6.07 Å². The molecule has 2 aromatic rings. The van der Waals surface area contributed by atoms with E-state index in [9.17, 15) is 8.42 Å². The molecular weight excluding hydrogens is 214 g/mol. The molecular formula is C7H4ClNO3S. The van der Waals surface area contributed by atoms with Gasteiger partial charge in [-0.1, -0.05) is 0 Å². The lowest BCUT2D eigenvalue weighted by molar-refractivity contribution is 0.592. The largest absolute Gasteiger partial charge is 0.463 e. The van der Waals surface area contributed by atoms with Crippen LogP contribution >= 0.6 is 10.7 Å². The van der Waals surface area contributed by atoms with Crippen LogP contribution in [0.25, 0.3) is 11.0 Å².